The molecule has 1 aliphatic carbocycles. The van der Waals surface area contributed by atoms with Crippen molar-refractivity contribution in [2.45, 2.75) is 57.9 Å². The molecule has 2 fully saturated rings. The molecule has 0 spiro atoms. The molecule has 2 amide bonds. The first-order valence-corrected chi connectivity index (χ1v) is 7.20. The van der Waals surface area contributed by atoms with E-state index in [-0.39, 0.29) is 6.03 Å². The Morgan fingerprint density at radius 2 is 1.82 bits per heavy atom. The minimum atomic E-state index is 0.267. The average Bonchev–Trinajstić information content (AvgIpc) is 2.38. The zero-order valence-electron chi connectivity index (χ0n) is 11.3. The predicted octanol–water partition coefficient (Wildman–Crippen LogP) is 3.10. The van der Waals surface area contributed by atoms with E-state index in [4.69, 9.17) is 0 Å². The smallest absolute Gasteiger partial charge is 0.319 e. The van der Waals surface area contributed by atoms with Gasteiger partial charge in [-0.05, 0) is 31.6 Å². The third-order valence-corrected chi connectivity index (χ3v) is 4.35. The van der Waals surface area contributed by atoms with Crippen molar-refractivity contribution in [2.75, 3.05) is 20.1 Å². The van der Waals surface area contributed by atoms with E-state index < -0.39 is 0 Å². The summed E-state index contributed by atoms with van der Waals surface area (Å²) in [5, 5.41) is 0. The molecule has 3 nitrogen and oxygen atoms in total. The van der Waals surface area contributed by atoms with Crippen LogP contribution in [0.3, 0.4) is 0 Å². The standard InChI is InChI=1S/C14H26N2O/c1-12-7-6-10-16(11-12)14(17)15(2)13-8-4-3-5-9-13/h12-13H,3-11H2,1-2H3. The van der Waals surface area contributed by atoms with Crippen LogP contribution >= 0.6 is 0 Å². The zero-order chi connectivity index (χ0) is 12.3. The molecule has 98 valence electrons. The van der Waals surface area contributed by atoms with E-state index in [0.29, 0.717) is 12.0 Å². The average molecular weight is 238 g/mol. The van der Waals surface area contributed by atoms with E-state index in [0.717, 1.165) is 13.1 Å². The lowest BCUT2D eigenvalue weighted by atomic mass is 9.94. The van der Waals surface area contributed by atoms with Crippen molar-refractivity contribution in [2.24, 2.45) is 5.92 Å². The first-order chi connectivity index (χ1) is 8.18. The van der Waals surface area contributed by atoms with Gasteiger partial charge >= 0.3 is 6.03 Å². The highest BCUT2D eigenvalue weighted by atomic mass is 16.2. The first kappa shape index (κ1) is 12.7. The number of nitrogens with zero attached hydrogens (tertiary/aromatic N) is 2. The number of piperidine rings is 1. The molecule has 1 heterocycles. The fraction of sp³-hybridized carbons (Fsp3) is 0.929. The largest absolute Gasteiger partial charge is 0.325 e. The third-order valence-electron chi connectivity index (χ3n) is 4.35. The Balaban J connectivity index is 1.89. The van der Waals surface area contributed by atoms with Gasteiger partial charge in [0.05, 0.1) is 0 Å². The molecule has 0 aromatic carbocycles. The Bertz CT molecular complexity index is 261. The second-order valence-corrected chi connectivity index (χ2v) is 5.88. The summed E-state index contributed by atoms with van der Waals surface area (Å²) in [4.78, 5) is 16.5. The van der Waals surface area contributed by atoms with Crippen LogP contribution in [0, 0.1) is 5.92 Å². The van der Waals surface area contributed by atoms with E-state index in [2.05, 4.69) is 11.8 Å². The predicted molar refractivity (Wildman–Crippen MR) is 70.0 cm³/mol. The summed E-state index contributed by atoms with van der Waals surface area (Å²) < 4.78 is 0. The molecular formula is C14H26N2O. The Kier molecular flexibility index (Phi) is 4.30. The van der Waals surface area contributed by atoms with Crippen LogP contribution in [0.1, 0.15) is 51.9 Å². The topological polar surface area (TPSA) is 23.6 Å². The molecule has 2 aliphatic rings. The van der Waals surface area contributed by atoms with Crippen molar-refractivity contribution in [3.05, 3.63) is 0 Å². The van der Waals surface area contributed by atoms with Crippen molar-refractivity contribution in [1.82, 2.24) is 9.80 Å². The van der Waals surface area contributed by atoms with Gasteiger partial charge in [-0.15, -0.1) is 0 Å². The lowest BCUT2D eigenvalue weighted by Crippen LogP contribution is -2.49. The van der Waals surface area contributed by atoms with Crippen LogP contribution in [0.15, 0.2) is 0 Å². The molecular weight excluding hydrogens is 212 g/mol. The molecule has 1 saturated heterocycles. The SMILES string of the molecule is CC1CCCN(C(=O)N(C)C2CCCCC2)C1. The van der Waals surface area contributed by atoms with E-state index in [1.165, 1.54) is 44.9 Å². The monoisotopic (exact) mass is 238 g/mol. The molecule has 2 rings (SSSR count). The van der Waals surface area contributed by atoms with Crippen LogP contribution in [-0.4, -0.2) is 42.0 Å². The van der Waals surface area contributed by atoms with Crippen LogP contribution in [0.4, 0.5) is 4.79 Å². The zero-order valence-corrected chi connectivity index (χ0v) is 11.3. The van der Waals surface area contributed by atoms with Crippen molar-refractivity contribution in [3.8, 4) is 0 Å². The van der Waals surface area contributed by atoms with E-state index in [9.17, 15) is 4.79 Å². The number of rotatable bonds is 1. The van der Waals surface area contributed by atoms with E-state index in [1.807, 2.05) is 11.9 Å². The van der Waals surface area contributed by atoms with Crippen LogP contribution in [0.25, 0.3) is 0 Å². The van der Waals surface area contributed by atoms with Gasteiger partial charge in [0.2, 0.25) is 0 Å². The highest BCUT2D eigenvalue weighted by Crippen LogP contribution is 2.24. The molecule has 0 aromatic heterocycles. The van der Waals surface area contributed by atoms with Gasteiger partial charge in [0.1, 0.15) is 0 Å². The number of urea groups is 1. The van der Waals surface area contributed by atoms with E-state index >= 15 is 0 Å². The summed E-state index contributed by atoms with van der Waals surface area (Å²) in [6.45, 7) is 4.16. The van der Waals surface area contributed by atoms with Gasteiger partial charge in [0.25, 0.3) is 0 Å². The Morgan fingerprint density at radius 1 is 1.12 bits per heavy atom. The molecule has 0 bridgehead atoms. The molecule has 0 aromatic rings. The maximum absolute atomic E-state index is 12.4. The highest BCUT2D eigenvalue weighted by molar-refractivity contribution is 5.74. The number of carbonyl (C=O) groups is 1. The number of hydrogen-bond donors (Lipinski definition) is 0. The fourth-order valence-electron chi connectivity index (χ4n) is 3.21. The molecule has 1 unspecified atom stereocenters. The minimum absolute atomic E-state index is 0.267. The minimum Gasteiger partial charge on any atom is -0.325 e. The van der Waals surface area contributed by atoms with Crippen molar-refractivity contribution in [1.29, 1.82) is 0 Å². The molecule has 1 atom stereocenters. The van der Waals surface area contributed by atoms with Crippen molar-refractivity contribution >= 4 is 6.03 Å². The second-order valence-electron chi connectivity index (χ2n) is 5.88. The van der Waals surface area contributed by atoms with Gasteiger partial charge in [-0.3, -0.25) is 0 Å². The molecule has 0 radical (unpaired) electrons. The summed E-state index contributed by atoms with van der Waals surface area (Å²) in [5.41, 5.74) is 0. The lowest BCUT2D eigenvalue weighted by Gasteiger charge is -2.38. The van der Waals surface area contributed by atoms with E-state index in [1.54, 1.807) is 0 Å². The van der Waals surface area contributed by atoms with Crippen LogP contribution in [-0.2, 0) is 0 Å². The Hall–Kier alpha value is -0.730. The Morgan fingerprint density at radius 3 is 2.47 bits per heavy atom. The number of amides is 2. The maximum Gasteiger partial charge on any atom is 0.319 e. The molecule has 0 N–H and O–H groups in total. The third kappa shape index (κ3) is 3.14. The number of likely N-dealkylation sites (tertiary alicyclic amines) is 1. The number of hydrogen-bond acceptors (Lipinski definition) is 1. The number of carbonyl (C=O) groups excluding carboxylic acids is 1. The quantitative estimate of drug-likeness (QED) is 0.688. The fourth-order valence-corrected chi connectivity index (χ4v) is 3.21. The Labute approximate surface area is 105 Å². The van der Waals surface area contributed by atoms with Gasteiger partial charge in [-0.25, -0.2) is 4.79 Å². The first-order valence-electron chi connectivity index (χ1n) is 7.20. The highest BCUT2D eigenvalue weighted by Gasteiger charge is 2.28. The molecule has 1 aliphatic heterocycles. The van der Waals surface area contributed by atoms with Crippen molar-refractivity contribution < 1.29 is 4.79 Å². The van der Waals surface area contributed by atoms with Crippen molar-refractivity contribution in [3.63, 3.8) is 0 Å². The maximum atomic E-state index is 12.4. The van der Waals surface area contributed by atoms with Gasteiger partial charge in [0, 0.05) is 26.2 Å². The van der Waals surface area contributed by atoms with Crippen LogP contribution in [0.5, 0.6) is 0 Å². The van der Waals surface area contributed by atoms with Gasteiger partial charge in [-0.2, -0.15) is 0 Å². The van der Waals surface area contributed by atoms with Crippen LogP contribution in [0.2, 0.25) is 0 Å². The van der Waals surface area contributed by atoms with Gasteiger partial charge < -0.3 is 9.80 Å². The molecule has 17 heavy (non-hydrogen) atoms. The van der Waals surface area contributed by atoms with Crippen LogP contribution < -0.4 is 0 Å². The van der Waals surface area contributed by atoms with Gasteiger partial charge in [0.15, 0.2) is 0 Å². The summed E-state index contributed by atoms with van der Waals surface area (Å²) in [6, 6.07) is 0.761. The normalized spacial score (nSPS) is 26.9. The summed E-state index contributed by atoms with van der Waals surface area (Å²) in [6.07, 6.45) is 8.77. The van der Waals surface area contributed by atoms with Gasteiger partial charge in [-0.1, -0.05) is 26.2 Å². The lowest BCUT2D eigenvalue weighted by molar-refractivity contribution is 0.117. The second kappa shape index (κ2) is 5.74. The summed E-state index contributed by atoms with van der Waals surface area (Å²) >= 11 is 0. The molecule has 3 heteroatoms. The molecule has 1 saturated carbocycles. The summed E-state index contributed by atoms with van der Waals surface area (Å²) in [5.74, 6) is 0.674. The summed E-state index contributed by atoms with van der Waals surface area (Å²) in [7, 11) is 2.00.